The largest absolute Gasteiger partial charge is 0.495 e. The first-order valence-corrected chi connectivity index (χ1v) is 9.89. The predicted octanol–water partition coefficient (Wildman–Crippen LogP) is 3.26. The molecule has 0 aromatic heterocycles. The molecule has 0 bridgehead atoms. The SMILES string of the molecule is COc1ccc(F)cc1S(=O)(=O)NC(C)C(=O)Nc1ccc(C(C)C)cc1. The zero-order chi connectivity index (χ0) is 20.2. The van der Waals surface area contributed by atoms with Crippen molar-refractivity contribution in [2.75, 3.05) is 12.4 Å². The van der Waals surface area contributed by atoms with E-state index in [1.807, 2.05) is 12.1 Å². The van der Waals surface area contributed by atoms with Crippen LogP contribution in [0.15, 0.2) is 47.4 Å². The van der Waals surface area contributed by atoms with E-state index < -0.39 is 27.8 Å². The van der Waals surface area contributed by atoms with E-state index in [0.29, 0.717) is 11.6 Å². The van der Waals surface area contributed by atoms with Crippen LogP contribution >= 0.6 is 0 Å². The van der Waals surface area contributed by atoms with Gasteiger partial charge in [0.1, 0.15) is 16.5 Å². The normalized spacial score (nSPS) is 12.7. The molecule has 0 aliphatic carbocycles. The topological polar surface area (TPSA) is 84.5 Å². The molecule has 0 aliphatic rings. The number of methoxy groups -OCH3 is 1. The number of sulfonamides is 1. The zero-order valence-corrected chi connectivity index (χ0v) is 16.4. The van der Waals surface area contributed by atoms with Crippen LogP contribution in [0.25, 0.3) is 0 Å². The van der Waals surface area contributed by atoms with Gasteiger partial charge in [0.25, 0.3) is 0 Å². The fraction of sp³-hybridized carbons (Fsp3) is 0.316. The van der Waals surface area contributed by atoms with Gasteiger partial charge in [0, 0.05) is 5.69 Å². The van der Waals surface area contributed by atoms with E-state index in [4.69, 9.17) is 4.74 Å². The van der Waals surface area contributed by atoms with Crippen molar-refractivity contribution in [3.63, 3.8) is 0 Å². The highest BCUT2D eigenvalue weighted by Crippen LogP contribution is 2.24. The molecule has 2 aromatic carbocycles. The lowest BCUT2D eigenvalue weighted by Gasteiger charge is -2.16. The molecule has 0 radical (unpaired) electrons. The average molecular weight is 394 g/mol. The van der Waals surface area contributed by atoms with Crippen LogP contribution in [-0.4, -0.2) is 27.5 Å². The smallest absolute Gasteiger partial charge is 0.245 e. The molecule has 6 nitrogen and oxygen atoms in total. The lowest BCUT2D eigenvalue weighted by molar-refractivity contribution is -0.117. The minimum atomic E-state index is -4.16. The molecule has 0 saturated heterocycles. The summed E-state index contributed by atoms with van der Waals surface area (Å²) < 4.78 is 45.7. The first kappa shape index (κ1) is 20.9. The minimum absolute atomic E-state index is 0.0132. The summed E-state index contributed by atoms with van der Waals surface area (Å²) in [7, 11) is -2.87. The standard InChI is InChI=1S/C19H23FN2O4S/c1-12(2)14-5-8-16(9-6-14)21-19(23)13(3)22-27(24,25)18-11-15(20)7-10-17(18)26-4/h5-13,22H,1-4H3,(H,21,23). The van der Waals surface area contributed by atoms with E-state index >= 15 is 0 Å². The average Bonchev–Trinajstić information content (AvgIpc) is 2.61. The second kappa shape index (κ2) is 8.49. The van der Waals surface area contributed by atoms with E-state index in [9.17, 15) is 17.6 Å². The fourth-order valence-corrected chi connectivity index (χ4v) is 3.80. The van der Waals surface area contributed by atoms with Gasteiger partial charge in [0.2, 0.25) is 15.9 Å². The number of ether oxygens (including phenoxy) is 1. The summed E-state index contributed by atoms with van der Waals surface area (Å²) >= 11 is 0. The minimum Gasteiger partial charge on any atom is -0.495 e. The third kappa shape index (κ3) is 5.27. The van der Waals surface area contributed by atoms with Crippen molar-refractivity contribution in [2.24, 2.45) is 0 Å². The molecule has 146 valence electrons. The number of rotatable bonds is 7. The quantitative estimate of drug-likeness (QED) is 0.755. The number of hydrogen-bond donors (Lipinski definition) is 2. The Hall–Kier alpha value is -2.45. The molecule has 0 fully saturated rings. The van der Waals surface area contributed by atoms with Gasteiger partial charge in [-0.25, -0.2) is 12.8 Å². The molecule has 2 N–H and O–H groups in total. The third-order valence-electron chi connectivity index (χ3n) is 3.99. The Balaban J connectivity index is 2.12. The Morgan fingerprint density at radius 1 is 1.07 bits per heavy atom. The molecule has 2 aromatic rings. The van der Waals surface area contributed by atoms with Gasteiger partial charge in [0.15, 0.2) is 0 Å². The third-order valence-corrected chi connectivity index (χ3v) is 5.55. The summed E-state index contributed by atoms with van der Waals surface area (Å²) in [6.45, 7) is 5.53. The van der Waals surface area contributed by atoms with E-state index in [-0.39, 0.29) is 10.6 Å². The van der Waals surface area contributed by atoms with Crippen LogP contribution in [0.4, 0.5) is 10.1 Å². The predicted molar refractivity (Wildman–Crippen MR) is 102 cm³/mol. The van der Waals surface area contributed by atoms with Gasteiger partial charge < -0.3 is 10.1 Å². The Kier molecular flexibility index (Phi) is 6.56. The summed E-state index contributed by atoms with van der Waals surface area (Å²) in [5, 5.41) is 2.65. The Bertz CT molecular complexity index is 912. The van der Waals surface area contributed by atoms with Gasteiger partial charge in [-0.05, 0) is 48.7 Å². The van der Waals surface area contributed by atoms with Crippen molar-refractivity contribution >= 4 is 21.6 Å². The number of carbonyl (C=O) groups is 1. The zero-order valence-electron chi connectivity index (χ0n) is 15.6. The highest BCUT2D eigenvalue weighted by molar-refractivity contribution is 7.89. The van der Waals surface area contributed by atoms with Crippen LogP contribution in [0.3, 0.4) is 0 Å². The molecule has 8 heteroatoms. The van der Waals surface area contributed by atoms with Crippen molar-refractivity contribution in [3.05, 3.63) is 53.8 Å². The van der Waals surface area contributed by atoms with Crippen LogP contribution in [0.2, 0.25) is 0 Å². The van der Waals surface area contributed by atoms with E-state index in [2.05, 4.69) is 23.9 Å². The van der Waals surface area contributed by atoms with Gasteiger partial charge in [0.05, 0.1) is 13.2 Å². The summed E-state index contributed by atoms with van der Waals surface area (Å²) in [5.74, 6) is -0.910. The van der Waals surface area contributed by atoms with Crippen molar-refractivity contribution in [2.45, 2.75) is 37.6 Å². The monoisotopic (exact) mass is 394 g/mol. The molecule has 1 atom stereocenters. The molecule has 0 spiro atoms. The van der Waals surface area contributed by atoms with E-state index in [1.165, 1.54) is 20.1 Å². The van der Waals surface area contributed by atoms with Crippen LogP contribution < -0.4 is 14.8 Å². The lowest BCUT2D eigenvalue weighted by Crippen LogP contribution is -2.41. The van der Waals surface area contributed by atoms with Gasteiger partial charge in [-0.1, -0.05) is 26.0 Å². The van der Waals surface area contributed by atoms with Crippen molar-refractivity contribution in [3.8, 4) is 5.75 Å². The number of hydrogen-bond acceptors (Lipinski definition) is 4. The second-order valence-corrected chi connectivity index (χ2v) is 8.09. The molecular weight excluding hydrogens is 371 g/mol. The summed E-state index contributed by atoms with van der Waals surface area (Å²) in [4.78, 5) is 11.9. The molecule has 2 rings (SSSR count). The maximum atomic E-state index is 13.5. The number of nitrogens with one attached hydrogen (secondary N) is 2. The Labute approximate surface area is 158 Å². The lowest BCUT2D eigenvalue weighted by atomic mass is 10.0. The van der Waals surface area contributed by atoms with Crippen LogP contribution in [0, 0.1) is 5.82 Å². The Morgan fingerprint density at radius 3 is 2.26 bits per heavy atom. The highest BCUT2D eigenvalue weighted by Gasteiger charge is 2.25. The summed E-state index contributed by atoms with van der Waals surface area (Å²) in [5.41, 5.74) is 1.68. The van der Waals surface area contributed by atoms with Crippen molar-refractivity contribution < 1.29 is 22.3 Å². The first-order chi connectivity index (χ1) is 12.6. The number of amides is 1. The van der Waals surface area contributed by atoms with E-state index in [0.717, 1.165) is 17.7 Å². The van der Waals surface area contributed by atoms with Crippen LogP contribution in [-0.2, 0) is 14.8 Å². The van der Waals surface area contributed by atoms with Crippen LogP contribution in [0.5, 0.6) is 5.75 Å². The number of benzene rings is 2. The summed E-state index contributed by atoms with van der Waals surface area (Å²) in [6.07, 6.45) is 0. The van der Waals surface area contributed by atoms with Crippen LogP contribution in [0.1, 0.15) is 32.3 Å². The van der Waals surface area contributed by atoms with Gasteiger partial charge in [-0.2, -0.15) is 4.72 Å². The second-order valence-electron chi connectivity index (χ2n) is 6.40. The molecule has 0 aliphatic heterocycles. The van der Waals surface area contributed by atoms with Crippen molar-refractivity contribution in [1.82, 2.24) is 4.72 Å². The molecular formula is C19H23FN2O4S. The number of halogens is 1. The molecule has 0 heterocycles. The number of carbonyl (C=O) groups excluding carboxylic acids is 1. The molecule has 0 saturated carbocycles. The molecule has 1 amide bonds. The maximum absolute atomic E-state index is 13.5. The number of anilines is 1. The van der Waals surface area contributed by atoms with Gasteiger partial charge in [-0.3, -0.25) is 4.79 Å². The van der Waals surface area contributed by atoms with Gasteiger partial charge in [-0.15, -0.1) is 0 Å². The maximum Gasteiger partial charge on any atom is 0.245 e. The first-order valence-electron chi connectivity index (χ1n) is 8.40. The van der Waals surface area contributed by atoms with Gasteiger partial charge >= 0.3 is 0 Å². The Morgan fingerprint density at radius 2 is 1.70 bits per heavy atom. The molecule has 27 heavy (non-hydrogen) atoms. The fourth-order valence-electron chi connectivity index (χ4n) is 2.41. The van der Waals surface area contributed by atoms with Crippen molar-refractivity contribution in [1.29, 1.82) is 0 Å². The highest BCUT2D eigenvalue weighted by atomic mass is 32.2. The van der Waals surface area contributed by atoms with E-state index in [1.54, 1.807) is 12.1 Å². The summed E-state index contributed by atoms with van der Waals surface area (Å²) in [6, 6.07) is 9.37. The molecule has 1 unspecified atom stereocenters.